The van der Waals surface area contributed by atoms with Crippen LogP contribution in [0.5, 0.6) is 0 Å². The van der Waals surface area contributed by atoms with Crippen molar-refractivity contribution in [2.45, 2.75) is 38.0 Å². The Balaban J connectivity index is 2.86. The minimum atomic E-state index is -1.07. The Morgan fingerprint density at radius 3 is 2.44 bits per heavy atom. The molecule has 16 heavy (non-hydrogen) atoms. The number of amides is 1. The molecule has 1 fully saturated rings. The van der Waals surface area contributed by atoms with Gasteiger partial charge in [-0.05, 0) is 20.9 Å². The molecule has 0 spiro atoms. The SMILES string of the molecule is CNC(C)(C)C(=O)N1C[C@@H](O)C[C@H]1C(=O)O. The van der Waals surface area contributed by atoms with Crippen molar-refractivity contribution >= 4 is 11.9 Å². The Hall–Kier alpha value is -1.14. The van der Waals surface area contributed by atoms with Gasteiger partial charge < -0.3 is 20.4 Å². The van der Waals surface area contributed by atoms with Crippen molar-refractivity contribution in [1.29, 1.82) is 0 Å². The van der Waals surface area contributed by atoms with E-state index in [0.29, 0.717) is 0 Å². The summed E-state index contributed by atoms with van der Waals surface area (Å²) < 4.78 is 0. The lowest BCUT2D eigenvalue weighted by atomic mass is 10.0. The van der Waals surface area contributed by atoms with Gasteiger partial charge in [-0.25, -0.2) is 4.79 Å². The lowest BCUT2D eigenvalue weighted by Crippen LogP contribution is -2.55. The van der Waals surface area contributed by atoms with E-state index < -0.39 is 23.7 Å². The number of likely N-dealkylation sites (tertiary alicyclic amines) is 1. The van der Waals surface area contributed by atoms with Crippen LogP contribution in [0.3, 0.4) is 0 Å². The van der Waals surface area contributed by atoms with Gasteiger partial charge in [0.2, 0.25) is 5.91 Å². The van der Waals surface area contributed by atoms with E-state index in [2.05, 4.69) is 5.32 Å². The fourth-order valence-electron chi connectivity index (χ4n) is 1.74. The van der Waals surface area contributed by atoms with Gasteiger partial charge in [-0.1, -0.05) is 0 Å². The first-order valence-electron chi connectivity index (χ1n) is 5.20. The van der Waals surface area contributed by atoms with E-state index in [-0.39, 0.29) is 18.9 Å². The van der Waals surface area contributed by atoms with E-state index in [9.17, 15) is 14.7 Å². The van der Waals surface area contributed by atoms with Crippen LogP contribution in [0, 0.1) is 0 Å². The maximum absolute atomic E-state index is 12.0. The third kappa shape index (κ3) is 2.33. The molecular weight excluding hydrogens is 212 g/mol. The molecule has 0 radical (unpaired) electrons. The molecule has 0 aromatic rings. The number of aliphatic hydroxyl groups excluding tert-OH is 1. The van der Waals surface area contributed by atoms with Crippen LogP contribution in [-0.2, 0) is 9.59 Å². The summed E-state index contributed by atoms with van der Waals surface area (Å²) in [5.41, 5.74) is -0.822. The zero-order chi connectivity index (χ0) is 12.5. The first-order valence-corrected chi connectivity index (χ1v) is 5.20. The van der Waals surface area contributed by atoms with Crippen LogP contribution < -0.4 is 5.32 Å². The number of carbonyl (C=O) groups is 2. The van der Waals surface area contributed by atoms with Crippen molar-refractivity contribution in [1.82, 2.24) is 10.2 Å². The average Bonchev–Trinajstić information content (AvgIpc) is 2.59. The molecule has 3 N–H and O–H groups in total. The highest BCUT2D eigenvalue weighted by atomic mass is 16.4. The van der Waals surface area contributed by atoms with Crippen molar-refractivity contribution < 1.29 is 19.8 Å². The van der Waals surface area contributed by atoms with Crippen molar-refractivity contribution in [3.05, 3.63) is 0 Å². The standard InChI is InChI=1S/C10H18N2O4/c1-10(2,11-3)9(16)12-5-6(13)4-7(12)8(14)15/h6-7,11,13H,4-5H2,1-3H3,(H,14,15)/t6-,7-/m0/s1. The summed E-state index contributed by atoms with van der Waals surface area (Å²) in [4.78, 5) is 24.2. The molecule has 1 heterocycles. The van der Waals surface area contributed by atoms with Gasteiger partial charge in [-0.15, -0.1) is 0 Å². The first-order chi connectivity index (χ1) is 7.29. The first kappa shape index (κ1) is 12.9. The van der Waals surface area contributed by atoms with Crippen LogP contribution in [0.4, 0.5) is 0 Å². The van der Waals surface area contributed by atoms with Crippen molar-refractivity contribution in [3.63, 3.8) is 0 Å². The summed E-state index contributed by atoms with van der Waals surface area (Å²) >= 11 is 0. The minimum Gasteiger partial charge on any atom is -0.480 e. The van der Waals surface area contributed by atoms with Gasteiger partial charge in [-0.2, -0.15) is 0 Å². The van der Waals surface area contributed by atoms with E-state index in [4.69, 9.17) is 5.11 Å². The fraction of sp³-hybridized carbons (Fsp3) is 0.800. The molecule has 0 aliphatic carbocycles. The lowest BCUT2D eigenvalue weighted by Gasteiger charge is -2.31. The Morgan fingerprint density at radius 2 is 2.00 bits per heavy atom. The molecule has 0 bridgehead atoms. The van der Waals surface area contributed by atoms with Gasteiger partial charge in [0.15, 0.2) is 0 Å². The van der Waals surface area contributed by atoms with Crippen LogP contribution in [0.1, 0.15) is 20.3 Å². The zero-order valence-electron chi connectivity index (χ0n) is 9.73. The van der Waals surface area contributed by atoms with Gasteiger partial charge in [0.1, 0.15) is 6.04 Å². The highest BCUT2D eigenvalue weighted by molar-refractivity contribution is 5.90. The van der Waals surface area contributed by atoms with Gasteiger partial charge in [0.05, 0.1) is 11.6 Å². The van der Waals surface area contributed by atoms with Crippen LogP contribution in [0.25, 0.3) is 0 Å². The predicted octanol–water partition coefficient (Wildman–Crippen LogP) is -0.969. The summed E-state index contributed by atoms with van der Waals surface area (Å²) in [6.45, 7) is 3.44. The average molecular weight is 230 g/mol. The highest BCUT2D eigenvalue weighted by Gasteiger charge is 2.43. The molecule has 92 valence electrons. The van der Waals surface area contributed by atoms with Gasteiger partial charge in [0.25, 0.3) is 0 Å². The smallest absolute Gasteiger partial charge is 0.326 e. The quantitative estimate of drug-likeness (QED) is 0.580. The second-order valence-corrected chi connectivity index (χ2v) is 4.58. The number of nitrogens with zero attached hydrogens (tertiary/aromatic N) is 1. The summed E-state index contributed by atoms with van der Waals surface area (Å²) in [5, 5.41) is 21.2. The topological polar surface area (TPSA) is 89.9 Å². The molecular formula is C10H18N2O4. The second-order valence-electron chi connectivity index (χ2n) is 4.58. The van der Waals surface area contributed by atoms with Gasteiger partial charge in [0, 0.05) is 13.0 Å². The third-order valence-corrected chi connectivity index (χ3v) is 2.98. The van der Waals surface area contributed by atoms with Crippen LogP contribution >= 0.6 is 0 Å². The number of β-amino-alcohol motifs (C(OH)–C–C–N with tert-alkyl or cyclic N) is 1. The molecule has 0 aromatic heterocycles. The number of aliphatic carboxylic acids is 1. The van der Waals surface area contributed by atoms with E-state index in [1.165, 1.54) is 4.90 Å². The molecule has 1 rings (SSSR count). The number of carboxylic acids is 1. The third-order valence-electron chi connectivity index (χ3n) is 2.98. The highest BCUT2D eigenvalue weighted by Crippen LogP contribution is 2.21. The number of carbonyl (C=O) groups excluding carboxylic acids is 1. The Labute approximate surface area is 94.2 Å². The molecule has 2 atom stereocenters. The molecule has 1 saturated heterocycles. The van der Waals surface area contributed by atoms with Crippen molar-refractivity contribution in [3.8, 4) is 0 Å². The molecule has 6 heteroatoms. The summed E-state index contributed by atoms with van der Waals surface area (Å²) in [5.74, 6) is -1.38. The van der Waals surface area contributed by atoms with Crippen LogP contribution in [0.2, 0.25) is 0 Å². The molecule has 0 unspecified atom stereocenters. The van der Waals surface area contributed by atoms with Crippen molar-refractivity contribution in [2.75, 3.05) is 13.6 Å². The molecule has 0 saturated carbocycles. The molecule has 6 nitrogen and oxygen atoms in total. The Morgan fingerprint density at radius 1 is 1.44 bits per heavy atom. The van der Waals surface area contributed by atoms with Crippen LogP contribution in [0.15, 0.2) is 0 Å². The van der Waals surface area contributed by atoms with E-state index in [1.54, 1.807) is 20.9 Å². The van der Waals surface area contributed by atoms with E-state index >= 15 is 0 Å². The Bertz CT molecular complexity index is 303. The maximum atomic E-state index is 12.0. The monoisotopic (exact) mass is 230 g/mol. The number of rotatable bonds is 3. The number of aliphatic hydroxyl groups is 1. The summed E-state index contributed by atoms with van der Waals surface area (Å²) in [6, 6.07) is -0.921. The number of nitrogens with one attached hydrogen (secondary N) is 1. The van der Waals surface area contributed by atoms with Crippen LogP contribution in [-0.4, -0.2) is 58.3 Å². The van der Waals surface area contributed by atoms with Gasteiger partial charge in [-0.3, -0.25) is 4.79 Å². The Kier molecular flexibility index (Phi) is 3.54. The van der Waals surface area contributed by atoms with Gasteiger partial charge >= 0.3 is 5.97 Å². The number of hydrogen-bond donors (Lipinski definition) is 3. The number of likely N-dealkylation sites (N-methyl/N-ethyl adjacent to an activating group) is 1. The molecule has 1 amide bonds. The minimum absolute atomic E-state index is 0.0842. The zero-order valence-corrected chi connectivity index (χ0v) is 9.73. The summed E-state index contributed by atoms with van der Waals surface area (Å²) in [6.07, 6.45) is -0.654. The number of carboxylic acid groups (broad SMARTS) is 1. The maximum Gasteiger partial charge on any atom is 0.326 e. The lowest BCUT2D eigenvalue weighted by molar-refractivity contribution is -0.150. The van der Waals surface area contributed by atoms with E-state index in [1.807, 2.05) is 0 Å². The second kappa shape index (κ2) is 4.39. The molecule has 1 aliphatic rings. The molecule has 1 aliphatic heterocycles. The summed E-state index contributed by atoms with van der Waals surface area (Å²) in [7, 11) is 1.64. The largest absolute Gasteiger partial charge is 0.480 e. The normalized spacial score (nSPS) is 25.9. The van der Waals surface area contributed by atoms with E-state index in [0.717, 1.165) is 0 Å². The van der Waals surface area contributed by atoms with Crippen molar-refractivity contribution in [2.24, 2.45) is 0 Å². The predicted molar refractivity (Wildman–Crippen MR) is 56.9 cm³/mol. The number of hydrogen-bond acceptors (Lipinski definition) is 4. The fourth-order valence-corrected chi connectivity index (χ4v) is 1.74. The molecule has 0 aromatic carbocycles.